The van der Waals surface area contributed by atoms with Gasteiger partial charge in [0.15, 0.2) is 0 Å². The molecule has 2 rings (SSSR count). The van der Waals surface area contributed by atoms with Gasteiger partial charge in [0.1, 0.15) is 11.9 Å². The Morgan fingerprint density at radius 1 is 1.04 bits per heavy atom. The number of hydrogen-bond donors (Lipinski definition) is 1. The third-order valence-corrected chi connectivity index (χ3v) is 4.11. The fraction of sp³-hybridized carbons (Fsp3) is 0.300. The molecule has 0 aliphatic carbocycles. The lowest BCUT2D eigenvalue weighted by atomic mass is 10.0. The first-order valence-electron chi connectivity index (χ1n) is 8.07. The average molecular weight is 343 g/mol. The Labute approximate surface area is 147 Å². The molecule has 1 N–H and O–H groups in total. The van der Waals surface area contributed by atoms with Gasteiger partial charge < -0.3 is 10.1 Å². The summed E-state index contributed by atoms with van der Waals surface area (Å²) in [7, 11) is 1.29. The normalized spacial score (nSPS) is 11.7. The average Bonchev–Trinajstić information content (AvgIpc) is 2.59. The molecule has 0 saturated heterocycles. The summed E-state index contributed by atoms with van der Waals surface area (Å²) in [5.74, 6) is -1.16. The van der Waals surface area contributed by atoms with E-state index in [0.717, 1.165) is 11.1 Å². The highest BCUT2D eigenvalue weighted by Crippen LogP contribution is 2.12. The van der Waals surface area contributed by atoms with Crippen molar-refractivity contribution in [1.82, 2.24) is 5.32 Å². The number of ether oxygens (including phenoxy) is 1. The van der Waals surface area contributed by atoms with Gasteiger partial charge in [0, 0.05) is 6.42 Å². The van der Waals surface area contributed by atoms with Crippen molar-refractivity contribution in [3.8, 4) is 0 Å². The van der Waals surface area contributed by atoms with Gasteiger partial charge in [-0.25, -0.2) is 9.18 Å². The van der Waals surface area contributed by atoms with Crippen molar-refractivity contribution < 1.29 is 18.7 Å². The van der Waals surface area contributed by atoms with Crippen LogP contribution in [0.4, 0.5) is 4.39 Å². The zero-order valence-corrected chi connectivity index (χ0v) is 14.6. The zero-order valence-electron chi connectivity index (χ0n) is 14.6. The molecule has 5 heteroatoms. The number of carbonyl (C=O) groups excluding carboxylic acids is 2. The molecule has 132 valence electrons. The van der Waals surface area contributed by atoms with Gasteiger partial charge in [0.25, 0.3) is 0 Å². The predicted molar refractivity (Wildman–Crippen MR) is 93.7 cm³/mol. The molecule has 0 aromatic heterocycles. The van der Waals surface area contributed by atoms with Gasteiger partial charge in [-0.1, -0.05) is 30.3 Å². The van der Waals surface area contributed by atoms with Gasteiger partial charge in [-0.3, -0.25) is 4.79 Å². The second-order valence-corrected chi connectivity index (χ2v) is 6.07. The van der Waals surface area contributed by atoms with Crippen molar-refractivity contribution in [2.45, 2.75) is 32.7 Å². The summed E-state index contributed by atoms with van der Waals surface area (Å²) in [5.41, 5.74) is 3.91. The van der Waals surface area contributed by atoms with Crippen LogP contribution in [-0.4, -0.2) is 25.0 Å². The van der Waals surface area contributed by atoms with Crippen molar-refractivity contribution in [1.29, 1.82) is 0 Å². The summed E-state index contributed by atoms with van der Waals surface area (Å²) in [6.07, 6.45) is 0.420. The van der Waals surface area contributed by atoms with E-state index in [-0.39, 0.29) is 18.1 Å². The van der Waals surface area contributed by atoms with E-state index in [1.54, 1.807) is 12.1 Å². The lowest BCUT2D eigenvalue weighted by Crippen LogP contribution is -2.43. The summed E-state index contributed by atoms with van der Waals surface area (Å²) >= 11 is 0. The number of carbonyl (C=O) groups is 2. The molecule has 0 saturated carbocycles. The molecular weight excluding hydrogens is 321 g/mol. The molecule has 0 radical (unpaired) electrons. The van der Waals surface area contributed by atoms with E-state index in [1.807, 2.05) is 32.0 Å². The highest BCUT2D eigenvalue weighted by Gasteiger charge is 2.22. The van der Waals surface area contributed by atoms with Gasteiger partial charge in [0.2, 0.25) is 5.91 Å². The fourth-order valence-electron chi connectivity index (χ4n) is 2.53. The van der Waals surface area contributed by atoms with Crippen molar-refractivity contribution >= 4 is 11.9 Å². The van der Waals surface area contributed by atoms with Gasteiger partial charge in [-0.05, 0) is 48.2 Å². The van der Waals surface area contributed by atoms with Gasteiger partial charge in [0.05, 0.1) is 13.5 Å². The number of methoxy groups -OCH3 is 1. The standard InChI is InChI=1S/C20H22FNO3/c1-13-4-5-16(10-14(13)2)11-18(20(24)25-3)22-19(23)12-15-6-8-17(21)9-7-15/h4-10,18H,11-12H2,1-3H3,(H,22,23)/t18-/m0/s1. The van der Waals surface area contributed by atoms with Crippen molar-refractivity contribution in [2.24, 2.45) is 0 Å². The maximum atomic E-state index is 12.9. The quantitative estimate of drug-likeness (QED) is 0.821. The third kappa shape index (κ3) is 5.41. The molecule has 2 aromatic carbocycles. The summed E-state index contributed by atoms with van der Waals surface area (Å²) in [4.78, 5) is 24.2. The number of aryl methyl sites for hydroxylation is 2. The minimum Gasteiger partial charge on any atom is -0.467 e. The maximum absolute atomic E-state index is 12.9. The van der Waals surface area contributed by atoms with Crippen LogP contribution >= 0.6 is 0 Å². The summed E-state index contributed by atoms with van der Waals surface area (Å²) in [6, 6.07) is 10.9. The molecule has 0 aliphatic heterocycles. The maximum Gasteiger partial charge on any atom is 0.328 e. The summed E-state index contributed by atoms with van der Waals surface area (Å²) in [6.45, 7) is 4.01. The molecule has 2 aromatic rings. The number of rotatable bonds is 6. The largest absolute Gasteiger partial charge is 0.467 e. The number of benzene rings is 2. The van der Waals surface area contributed by atoms with Crippen LogP contribution < -0.4 is 5.32 Å². The van der Waals surface area contributed by atoms with E-state index in [1.165, 1.54) is 24.8 Å². The summed E-state index contributed by atoms with van der Waals surface area (Å²) in [5, 5.41) is 2.71. The molecule has 0 spiro atoms. The zero-order chi connectivity index (χ0) is 18.4. The second kappa shape index (κ2) is 8.42. The Morgan fingerprint density at radius 3 is 2.28 bits per heavy atom. The number of nitrogens with one attached hydrogen (secondary N) is 1. The van der Waals surface area contributed by atoms with Crippen LogP contribution in [0.15, 0.2) is 42.5 Å². The first-order chi connectivity index (χ1) is 11.9. The summed E-state index contributed by atoms with van der Waals surface area (Å²) < 4.78 is 17.7. The number of hydrogen-bond acceptors (Lipinski definition) is 3. The molecule has 0 unspecified atom stereocenters. The van der Waals surface area contributed by atoms with E-state index in [0.29, 0.717) is 12.0 Å². The van der Waals surface area contributed by atoms with E-state index >= 15 is 0 Å². The monoisotopic (exact) mass is 343 g/mol. The Morgan fingerprint density at radius 2 is 1.68 bits per heavy atom. The van der Waals surface area contributed by atoms with Crippen molar-refractivity contribution in [3.05, 3.63) is 70.5 Å². The predicted octanol–water partition coefficient (Wildman–Crippen LogP) is 2.89. The first-order valence-corrected chi connectivity index (χ1v) is 8.07. The lowest BCUT2D eigenvalue weighted by molar-refractivity contribution is -0.145. The topological polar surface area (TPSA) is 55.4 Å². The smallest absolute Gasteiger partial charge is 0.328 e. The Kier molecular flexibility index (Phi) is 6.28. The lowest BCUT2D eigenvalue weighted by Gasteiger charge is -2.17. The SMILES string of the molecule is COC(=O)[C@H](Cc1ccc(C)c(C)c1)NC(=O)Cc1ccc(F)cc1. The number of amides is 1. The Bertz CT molecular complexity index is 756. The van der Waals surface area contributed by atoms with Crippen LogP contribution in [-0.2, 0) is 27.2 Å². The van der Waals surface area contributed by atoms with Crippen LogP contribution in [0.5, 0.6) is 0 Å². The highest BCUT2D eigenvalue weighted by molar-refractivity contribution is 5.85. The third-order valence-electron chi connectivity index (χ3n) is 4.11. The molecule has 0 aliphatic rings. The van der Waals surface area contributed by atoms with Crippen LogP contribution in [0, 0.1) is 19.7 Å². The minimum atomic E-state index is -0.764. The molecule has 0 bridgehead atoms. The molecule has 1 atom stereocenters. The molecule has 4 nitrogen and oxygen atoms in total. The first kappa shape index (κ1) is 18.6. The van der Waals surface area contributed by atoms with E-state index in [4.69, 9.17) is 4.74 Å². The van der Waals surface area contributed by atoms with Crippen LogP contribution in [0.25, 0.3) is 0 Å². The Balaban J connectivity index is 2.06. The number of halogens is 1. The highest BCUT2D eigenvalue weighted by atomic mass is 19.1. The molecule has 0 fully saturated rings. The molecule has 1 amide bonds. The van der Waals surface area contributed by atoms with E-state index < -0.39 is 12.0 Å². The van der Waals surface area contributed by atoms with Crippen molar-refractivity contribution in [2.75, 3.05) is 7.11 Å². The van der Waals surface area contributed by atoms with Gasteiger partial charge in [-0.15, -0.1) is 0 Å². The molecule has 25 heavy (non-hydrogen) atoms. The number of esters is 1. The molecular formula is C20H22FNO3. The minimum absolute atomic E-state index is 0.0701. The van der Waals surface area contributed by atoms with E-state index in [9.17, 15) is 14.0 Å². The van der Waals surface area contributed by atoms with Crippen LogP contribution in [0.1, 0.15) is 22.3 Å². The molecule has 0 heterocycles. The van der Waals surface area contributed by atoms with Gasteiger partial charge >= 0.3 is 5.97 Å². The fourth-order valence-corrected chi connectivity index (χ4v) is 2.53. The second-order valence-electron chi connectivity index (χ2n) is 6.07. The van der Waals surface area contributed by atoms with E-state index in [2.05, 4.69) is 5.32 Å². The van der Waals surface area contributed by atoms with Crippen molar-refractivity contribution in [3.63, 3.8) is 0 Å². The Hall–Kier alpha value is -2.69. The van der Waals surface area contributed by atoms with Crippen LogP contribution in [0.2, 0.25) is 0 Å². The van der Waals surface area contributed by atoms with Crippen LogP contribution in [0.3, 0.4) is 0 Å². The van der Waals surface area contributed by atoms with Gasteiger partial charge in [-0.2, -0.15) is 0 Å².